The first-order valence-electron chi connectivity index (χ1n) is 7.52. The van der Waals surface area contributed by atoms with E-state index in [1.807, 2.05) is 19.2 Å². The van der Waals surface area contributed by atoms with E-state index in [-0.39, 0.29) is 0 Å². The van der Waals surface area contributed by atoms with Crippen molar-refractivity contribution in [1.29, 1.82) is 0 Å². The molecule has 2 aromatic heterocycles. The average molecular weight is 287 g/mol. The Hall–Kier alpha value is -2.18. The summed E-state index contributed by atoms with van der Waals surface area (Å²) >= 11 is 0. The first kappa shape index (κ1) is 13.8. The second kappa shape index (κ2) is 6.07. The Morgan fingerprint density at radius 2 is 2.10 bits per heavy atom. The number of nitrogens with zero attached hydrogens (tertiary/aromatic N) is 5. The van der Waals surface area contributed by atoms with Crippen LogP contribution in [0.25, 0.3) is 5.95 Å². The zero-order valence-corrected chi connectivity index (χ0v) is 12.5. The predicted octanol–water partition coefficient (Wildman–Crippen LogP) is 2.09. The van der Waals surface area contributed by atoms with Crippen LogP contribution in [-0.4, -0.2) is 37.3 Å². The maximum absolute atomic E-state index is 4.47. The summed E-state index contributed by atoms with van der Waals surface area (Å²) in [5.41, 5.74) is 0. The lowest BCUT2D eigenvalue weighted by Gasteiger charge is -2.31. The third-order valence-electron chi connectivity index (χ3n) is 3.88. The van der Waals surface area contributed by atoms with Crippen LogP contribution < -0.4 is 10.6 Å². The van der Waals surface area contributed by atoms with E-state index in [9.17, 15) is 0 Å². The number of nitrogens with one attached hydrogen (secondary N) is 2. The summed E-state index contributed by atoms with van der Waals surface area (Å²) in [5.74, 6) is 2.42. The summed E-state index contributed by atoms with van der Waals surface area (Å²) in [6.45, 7) is 4.97. The molecule has 0 amide bonds. The lowest BCUT2D eigenvalue weighted by Crippen LogP contribution is -2.31. The van der Waals surface area contributed by atoms with E-state index in [0.717, 1.165) is 12.5 Å². The molecule has 0 radical (unpaired) electrons. The highest BCUT2D eigenvalue weighted by Gasteiger charge is 2.24. The monoisotopic (exact) mass is 287 g/mol. The van der Waals surface area contributed by atoms with E-state index < -0.39 is 0 Å². The van der Waals surface area contributed by atoms with Gasteiger partial charge in [0.2, 0.25) is 11.9 Å². The number of aromatic nitrogens is 5. The Labute approximate surface area is 124 Å². The second-order valence-electron chi connectivity index (χ2n) is 5.39. The average Bonchev–Trinajstić information content (AvgIpc) is 2.90. The van der Waals surface area contributed by atoms with Crippen LogP contribution in [0.4, 0.5) is 11.9 Å². The molecule has 0 aliphatic heterocycles. The number of rotatable bonds is 6. The van der Waals surface area contributed by atoms with Gasteiger partial charge in [-0.1, -0.05) is 6.42 Å². The van der Waals surface area contributed by atoms with Gasteiger partial charge in [0.15, 0.2) is 0 Å². The molecule has 0 saturated heterocycles. The quantitative estimate of drug-likeness (QED) is 0.846. The summed E-state index contributed by atoms with van der Waals surface area (Å²) in [6.07, 6.45) is 7.43. The number of hydrogen-bond acceptors (Lipinski definition) is 6. The van der Waals surface area contributed by atoms with Crippen molar-refractivity contribution in [2.75, 3.05) is 17.2 Å². The third-order valence-corrected chi connectivity index (χ3v) is 3.88. The van der Waals surface area contributed by atoms with Crippen LogP contribution in [0.1, 0.15) is 33.1 Å². The first-order chi connectivity index (χ1) is 10.3. The van der Waals surface area contributed by atoms with Gasteiger partial charge in [0.25, 0.3) is 5.95 Å². The highest BCUT2D eigenvalue weighted by atomic mass is 15.4. The van der Waals surface area contributed by atoms with Crippen molar-refractivity contribution in [3.63, 3.8) is 0 Å². The third kappa shape index (κ3) is 3.12. The van der Waals surface area contributed by atoms with Crippen LogP contribution in [0.5, 0.6) is 0 Å². The van der Waals surface area contributed by atoms with Gasteiger partial charge in [0.1, 0.15) is 0 Å². The SMILES string of the molecule is CCNc1nc(NC(C)C2CCC2)nc(-n2cccn2)n1. The second-order valence-corrected chi connectivity index (χ2v) is 5.39. The molecule has 1 fully saturated rings. The normalized spacial score (nSPS) is 16.3. The smallest absolute Gasteiger partial charge is 0.257 e. The fourth-order valence-corrected chi connectivity index (χ4v) is 2.42. The Balaban J connectivity index is 1.84. The van der Waals surface area contributed by atoms with Crippen LogP contribution in [0.15, 0.2) is 18.5 Å². The standard InChI is InChI=1S/C14H21N7/c1-3-15-12-18-13(17-10(2)11-6-4-7-11)20-14(19-12)21-9-5-8-16-21/h5,8-11H,3-4,6-7H2,1-2H3,(H2,15,17,18,19,20). The Kier molecular flexibility index (Phi) is 3.98. The van der Waals surface area contributed by atoms with Gasteiger partial charge in [-0.05, 0) is 38.7 Å². The molecule has 0 aromatic carbocycles. The van der Waals surface area contributed by atoms with Crippen LogP contribution >= 0.6 is 0 Å². The van der Waals surface area contributed by atoms with Gasteiger partial charge in [-0.2, -0.15) is 20.1 Å². The number of anilines is 2. The maximum atomic E-state index is 4.47. The molecule has 2 heterocycles. The van der Waals surface area contributed by atoms with Crippen LogP contribution in [0.3, 0.4) is 0 Å². The highest BCUT2D eigenvalue weighted by Crippen LogP contribution is 2.30. The van der Waals surface area contributed by atoms with Gasteiger partial charge in [-0.25, -0.2) is 4.68 Å². The molecule has 0 bridgehead atoms. The van der Waals surface area contributed by atoms with Gasteiger partial charge in [0, 0.05) is 25.0 Å². The van der Waals surface area contributed by atoms with E-state index >= 15 is 0 Å². The first-order valence-corrected chi connectivity index (χ1v) is 7.52. The molecule has 2 aromatic rings. The van der Waals surface area contributed by atoms with Crippen molar-refractivity contribution in [1.82, 2.24) is 24.7 Å². The minimum Gasteiger partial charge on any atom is -0.354 e. The Bertz CT molecular complexity index is 577. The lowest BCUT2D eigenvalue weighted by molar-refractivity contribution is 0.284. The molecular weight excluding hydrogens is 266 g/mol. The lowest BCUT2D eigenvalue weighted by atomic mass is 9.80. The molecule has 2 N–H and O–H groups in total. The Morgan fingerprint density at radius 1 is 1.29 bits per heavy atom. The molecular formula is C14H21N7. The minimum absolute atomic E-state index is 0.376. The molecule has 1 atom stereocenters. The summed E-state index contributed by atoms with van der Waals surface area (Å²) in [7, 11) is 0. The molecule has 21 heavy (non-hydrogen) atoms. The van der Waals surface area contributed by atoms with Crippen LogP contribution in [0, 0.1) is 5.92 Å². The Morgan fingerprint density at radius 3 is 2.71 bits per heavy atom. The van der Waals surface area contributed by atoms with Crippen LogP contribution in [-0.2, 0) is 0 Å². The van der Waals surface area contributed by atoms with Crippen molar-refractivity contribution < 1.29 is 0 Å². The summed E-state index contributed by atoms with van der Waals surface area (Å²) in [4.78, 5) is 13.3. The van der Waals surface area contributed by atoms with E-state index in [2.05, 4.69) is 37.6 Å². The van der Waals surface area contributed by atoms with E-state index in [0.29, 0.717) is 23.9 Å². The summed E-state index contributed by atoms with van der Waals surface area (Å²) < 4.78 is 1.64. The topological polar surface area (TPSA) is 80.5 Å². The fraction of sp³-hybridized carbons (Fsp3) is 0.571. The molecule has 1 aliphatic carbocycles. The van der Waals surface area contributed by atoms with Gasteiger partial charge in [-0.3, -0.25) is 0 Å². The molecule has 7 heteroatoms. The summed E-state index contributed by atoms with van der Waals surface area (Å²) in [5, 5.41) is 10.7. The minimum atomic E-state index is 0.376. The maximum Gasteiger partial charge on any atom is 0.257 e. The molecule has 0 spiro atoms. The van der Waals surface area contributed by atoms with E-state index in [1.165, 1.54) is 19.3 Å². The van der Waals surface area contributed by atoms with Crippen LogP contribution in [0.2, 0.25) is 0 Å². The molecule has 1 unspecified atom stereocenters. The van der Waals surface area contributed by atoms with Gasteiger partial charge >= 0.3 is 0 Å². The van der Waals surface area contributed by atoms with Crippen molar-refractivity contribution in [3.05, 3.63) is 18.5 Å². The summed E-state index contributed by atoms with van der Waals surface area (Å²) in [6, 6.07) is 2.22. The zero-order valence-electron chi connectivity index (χ0n) is 12.5. The molecule has 1 saturated carbocycles. The molecule has 3 rings (SSSR count). The van der Waals surface area contributed by atoms with E-state index in [1.54, 1.807) is 10.9 Å². The van der Waals surface area contributed by atoms with Crippen molar-refractivity contribution in [2.45, 2.75) is 39.2 Å². The molecule has 1 aliphatic rings. The zero-order chi connectivity index (χ0) is 14.7. The van der Waals surface area contributed by atoms with E-state index in [4.69, 9.17) is 0 Å². The number of hydrogen-bond donors (Lipinski definition) is 2. The largest absolute Gasteiger partial charge is 0.354 e. The predicted molar refractivity (Wildman–Crippen MR) is 81.5 cm³/mol. The van der Waals surface area contributed by atoms with Crippen molar-refractivity contribution in [3.8, 4) is 5.95 Å². The van der Waals surface area contributed by atoms with Gasteiger partial charge in [0.05, 0.1) is 0 Å². The fourth-order valence-electron chi connectivity index (χ4n) is 2.42. The highest BCUT2D eigenvalue weighted by molar-refractivity contribution is 5.38. The van der Waals surface area contributed by atoms with Crippen molar-refractivity contribution >= 4 is 11.9 Å². The molecule has 112 valence electrons. The van der Waals surface area contributed by atoms with Crippen molar-refractivity contribution in [2.24, 2.45) is 5.92 Å². The van der Waals surface area contributed by atoms with Gasteiger partial charge in [-0.15, -0.1) is 0 Å². The van der Waals surface area contributed by atoms with Gasteiger partial charge < -0.3 is 10.6 Å². The molecule has 7 nitrogen and oxygen atoms in total.